The van der Waals surface area contributed by atoms with Crippen LogP contribution in [0, 0.1) is 0 Å². The molecular formula is C14H14OS2. The molecule has 0 aliphatic heterocycles. The second-order valence-electron chi connectivity index (χ2n) is 3.67. The SMILES string of the molecule is CS(=O)C(Sc1ccccc1)c1ccccc1. The predicted octanol–water partition coefficient (Wildman–Crippen LogP) is 3.86. The average molecular weight is 262 g/mol. The van der Waals surface area contributed by atoms with Crippen LogP contribution in [0.15, 0.2) is 65.6 Å². The summed E-state index contributed by atoms with van der Waals surface area (Å²) in [4.78, 5) is 1.15. The van der Waals surface area contributed by atoms with Crippen molar-refractivity contribution in [2.24, 2.45) is 0 Å². The Labute approximate surface area is 109 Å². The number of benzene rings is 2. The van der Waals surface area contributed by atoms with Crippen molar-refractivity contribution >= 4 is 22.6 Å². The molecule has 2 atom stereocenters. The minimum Gasteiger partial charge on any atom is -0.258 e. The van der Waals surface area contributed by atoms with Gasteiger partial charge in [-0.2, -0.15) is 0 Å². The maximum absolute atomic E-state index is 11.8. The summed E-state index contributed by atoms with van der Waals surface area (Å²) in [6.07, 6.45) is 1.76. The fourth-order valence-electron chi connectivity index (χ4n) is 1.56. The molecule has 17 heavy (non-hydrogen) atoms. The second-order valence-corrected chi connectivity index (χ2v) is 6.62. The molecule has 0 N–H and O–H groups in total. The third-order valence-electron chi connectivity index (χ3n) is 2.36. The lowest BCUT2D eigenvalue weighted by Crippen LogP contribution is -2.00. The highest BCUT2D eigenvalue weighted by Crippen LogP contribution is 2.36. The van der Waals surface area contributed by atoms with Gasteiger partial charge in [0.2, 0.25) is 0 Å². The molecule has 0 spiro atoms. The van der Waals surface area contributed by atoms with Gasteiger partial charge in [-0.25, -0.2) is 0 Å². The van der Waals surface area contributed by atoms with E-state index in [2.05, 4.69) is 0 Å². The van der Waals surface area contributed by atoms with E-state index in [9.17, 15) is 4.21 Å². The molecule has 3 heteroatoms. The average Bonchev–Trinajstić information content (AvgIpc) is 2.38. The quantitative estimate of drug-likeness (QED) is 0.778. The van der Waals surface area contributed by atoms with Crippen LogP contribution in [-0.2, 0) is 10.8 Å². The van der Waals surface area contributed by atoms with Crippen molar-refractivity contribution in [3.63, 3.8) is 0 Å². The molecule has 0 aliphatic rings. The molecule has 2 aromatic rings. The van der Waals surface area contributed by atoms with E-state index in [0.29, 0.717) is 0 Å². The first-order chi connectivity index (χ1) is 8.27. The molecule has 0 aliphatic carbocycles. The van der Waals surface area contributed by atoms with Gasteiger partial charge in [-0.15, -0.1) is 11.8 Å². The Bertz CT molecular complexity index is 482. The van der Waals surface area contributed by atoms with Crippen LogP contribution in [0.1, 0.15) is 10.1 Å². The van der Waals surface area contributed by atoms with E-state index >= 15 is 0 Å². The zero-order chi connectivity index (χ0) is 12.1. The van der Waals surface area contributed by atoms with E-state index in [4.69, 9.17) is 0 Å². The summed E-state index contributed by atoms with van der Waals surface area (Å²) in [5, 5.41) is 0. The lowest BCUT2D eigenvalue weighted by molar-refractivity contribution is 0.685. The molecule has 2 aromatic carbocycles. The molecule has 0 radical (unpaired) electrons. The Morgan fingerprint density at radius 2 is 1.47 bits per heavy atom. The molecule has 2 unspecified atom stereocenters. The fraction of sp³-hybridized carbons (Fsp3) is 0.143. The van der Waals surface area contributed by atoms with Crippen LogP contribution in [0.2, 0.25) is 0 Å². The molecule has 0 bridgehead atoms. The van der Waals surface area contributed by atoms with Gasteiger partial charge in [-0.05, 0) is 17.7 Å². The highest BCUT2D eigenvalue weighted by atomic mass is 32.2. The van der Waals surface area contributed by atoms with Crippen LogP contribution in [0.4, 0.5) is 0 Å². The van der Waals surface area contributed by atoms with Crippen molar-refractivity contribution in [3.8, 4) is 0 Å². The third-order valence-corrected chi connectivity index (χ3v) is 5.37. The maximum Gasteiger partial charge on any atom is 0.109 e. The first-order valence-corrected chi connectivity index (χ1v) is 7.86. The van der Waals surface area contributed by atoms with Gasteiger partial charge in [0, 0.05) is 22.0 Å². The van der Waals surface area contributed by atoms with Gasteiger partial charge in [0.1, 0.15) is 4.58 Å². The Morgan fingerprint density at radius 3 is 2.00 bits per heavy atom. The monoisotopic (exact) mass is 262 g/mol. The zero-order valence-corrected chi connectivity index (χ0v) is 11.2. The van der Waals surface area contributed by atoms with Gasteiger partial charge < -0.3 is 0 Å². The minimum atomic E-state index is -0.892. The molecule has 1 nitrogen and oxygen atoms in total. The van der Waals surface area contributed by atoms with Gasteiger partial charge in [-0.3, -0.25) is 4.21 Å². The van der Waals surface area contributed by atoms with Crippen LogP contribution < -0.4 is 0 Å². The molecule has 0 saturated carbocycles. The molecule has 0 heterocycles. The second kappa shape index (κ2) is 6.03. The molecule has 0 amide bonds. The first-order valence-electron chi connectivity index (χ1n) is 5.36. The Morgan fingerprint density at radius 1 is 0.941 bits per heavy atom. The van der Waals surface area contributed by atoms with Gasteiger partial charge >= 0.3 is 0 Å². The molecule has 0 saturated heterocycles. The highest BCUT2D eigenvalue weighted by Gasteiger charge is 2.16. The summed E-state index contributed by atoms with van der Waals surface area (Å²) in [7, 11) is -0.892. The summed E-state index contributed by atoms with van der Waals surface area (Å²) >= 11 is 1.65. The van der Waals surface area contributed by atoms with Crippen LogP contribution in [0.5, 0.6) is 0 Å². The summed E-state index contributed by atoms with van der Waals surface area (Å²) in [6.45, 7) is 0. The lowest BCUT2D eigenvalue weighted by atomic mass is 10.2. The van der Waals surface area contributed by atoms with E-state index in [-0.39, 0.29) is 4.58 Å². The van der Waals surface area contributed by atoms with Crippen LogP contribution in [0.3, 0.4) is 0 Å². The van der Waals surface area contributed by atoms with Gasteiger partial charge in [0.05, 0.1) is 0 Å². The van der Waals surface area contributed by atoms with E-state index < -0.39 is 10.8 Å². The molecule has 0 fully saturated rings. The Balaban J connectivity index is 2.23. The van der Waals surface area contributed by atoms with Gasteiger partial charge in [0.15, 0.2) is 0 Å². The van der Waals surface area contributed by atoms with E-state index in [0.717, 1.165) is 10.5 Å². The molecule has 88 valence electrons. The zero-order valence-electron chi connectivity index (χ0n) is 9.58. The van der Waals surface area contributed by atoms with Gasteiger partial charge in [-0.1, -0.05) is 48.5 Å². The van der Waals surface area contributed by atoms with E-state index in [1.54, 1.807) is 18.0 Å². The van der Waals surface area contributed by atoms with Crippen LogP contribution in [0.25, 0.3) is 0 Å². The minimum absolute atomic E-state index is 0.00130. The normalized spacial score (nSPS) is 14.2. The molecule has 0 aromatic heterocycles. The van der Waals surface area contributed by atoms with Crippen molar-refractivity contribution in [2.75, 3.05) is 6.26 Å². The Kier molecular flexibility index (Phi) is 4.40. The summed E-state index contributed by atoms with van der Waals surface area (Å²) < 4.78 is 11.8. The summed E-state index contributed by atoms with van der Waals surface area (Å²) in [6, 6.07) is 20.1. The Hall–Kier alpha value is -1.06. The molecular weight excluding hydrogens is 248 g/mol. The largest absolute Gasteiger partial charge is 0.258 e. The van der Waals surface area contributed by atoms with Gasteiger partial charge in [0.25, 0.3) is 0 Å². The van der Waals surface area contributed by atoms with E-state index in [1.165, 1.54) is 0 Å². The van der Waals surface area contributed by atoms with Crippen molar-refractivity contribution in [1.82, 2.24) is 0 Å². The maximum atomic E-state index is 11.8. The lowest BCUT2D eigenvalue weighted by Gasteiger charge is -2.14. The van der Waals surface area contributed by atoms with Crippen LogP contribution in [-0.4, -0.2) is 10.5 Å². The predicted molar refractivity (Wildman–Crippen MR) is 75.5 cm³/mol. The summed E-state index contributed by atoms with van der Waals surface area (Å²) in [5.41, 5.74) is 1.11. The highest BCUT2D eigenvalue weighted by molar-refractivity contribution is 8.10. The summed E-state index contributed by atoms with van der Waals surface area (Å²) in [5.74, 6) is 0. The topological polar surface area (TPSA) is 17.1 Å². The van der Waals surface area contributed by atoms with Crippen molar-refractivity contribution in [1.29, 1.82) is 0 Å². The molecule has 2 rings (SSSR count). The van der Waals surface area contributed by atoms with Crippen molar-refractivity contribution in [2.45, 2.75) is 9.48 Å². The van der Waals surface area contributed by atoms with Crippen molar-refractivity contribution in [3.05, 3.63) is 66.2 Å². The van der Waals surface area contributed by atoms with E-state index in [1.807, 2.05) is 60.7 Å². The number of hydrogen-bond acceptors (Lipinski definition) is 2. The number of rotatable bonds is 4. The fourth-order valence-corrected chi connectivity index (χ4v) is 3.83. The third kappa shape index (κ3) is 3.45. The van der Waals surface area contributed by atoms with Crippen LogP contribution >= 0.6 is 11.8 Å². The van der Waals surface area contributed by atoms with Crippen molar-refractivity contribution < 1.29 is 4.21 Å². The smallest absolute Gasteiger partial charge is 0.109 e. The first kappa shape index (κ1) is 12.4. The standard InChI is InChI=1S/C14H14OS2/c1-17(15)14(12-8-4-2-5-9-12)16-13-10-6-3-7-11-13/h2-11,14H,1H3. The number of thioether (sulfide) groups is 1. The number of hydrogen-bond donors (Lipinski definition) is 0.